The number of nitrogens with two attached hydrogens (primary N) is 1. The minimum atomic E-state index is -3.75. The van der Waals surface area contributed by atoms with Gasteiger partial charge in [-0.15, -0.1) is 0 Å². The lowest BCUT2D eigenvalue weighted by molar-refractivity contribution is -0.129. The van der Waals surface area contributed by atoms with Crippen LogP contribution in [0.3, 0.4) is 0 Å². The Labute approximate surface area is 190 Å². The van der Waals surface area contributed by atoms with Crippen molar-refractivity contribution in [1.29, 1.82) is 0 Å². The Morgan fingerprint density at radius 1 is 1.09 bits per heavy atom. The molecule has 0 bridgehead atoms. The van der Waals surface area contributed by atoms with E-state index in [0.29, 0.717) is 12.2 Å². The second-order valence-electron chi connectivity index (χ2n) is 6.92. The number of nitrogens with one attached hydrogen (secondary N) is 1. The zero-order valence-corrected chi connectivity index (χ0v) is 18.5. The molecular formula is C22H22N4O6S. The number of rotatable bonds is 9. The molecule has 0 saturated heterocycles. The van der Waals surface area contributed by atoms with Gasteiger partial charge in [-0.3, -0.25) is 9.78 Å². The van der Waals surface area contributed by atoms with Gasteiger partial charge in [0.15, 0.2) is 6.10 Å². The van der Waals surface area contributed by atoms with Crippen LogP contribution in [0.5, 0.6) is 11.6 Å². The van der Waals surface area contributed by atoms with E-state index in [1.807, 2.05) is 0 Å². The molecule has 33 heavy (non-hydrogen) atoms. The van der Waals surface area contributed by atoms with Crippen molar-refractivity contribution in [2.75, 3.05) is 6.54 Å². The summed E-state index contributed by atoms with van der Waals surface area (Å²) in [5.74, 6) is -0.814. The molecule has 0 aliphatic heterocycles. The maximum Gasteiger partial charge on any atom is 0.344 e. The first-order chi connectivity index (χ1) is 15.7. The van der Waals surface area contributed by atoms with E-state index >= 15 is 0 Å². The van der Waals surface area contributed by atoms with E-state index in [0.717, 1.165) is 5.56 Å². The summed E-state index contributed by atoms with van der Waals surface area (Å²) >= 11 is 0. The Morgan fingerprint density at radius 3 is 2.48 bits per heavy atom. The summed E-state index contributed by atoms with van der Waals surface area (Å²) in [6, 6.07) is 12.4. The van der Waals surface area contributed by atoms with Crippen LogP contribution in [0.2, 0.25) is 0 Å². The van der Waals surface area contributed by atoms with Gasteiger partial charge >= 0.3 is 5.97 Å². The lowest BCUT2D eigenvalue weighted by Crippen LogP contribution is -2.37. The monoisotopic (exact) mass is 470 g/mol. The van der Waals surface area contributed by atoms with Crippen LogP contribution >= 0.6 is 0 Å². The molecule has 1 aromatic carbocycles. The number of amides is 1. The van der Waals surface area contributed by atoms with E-state index in [1.54, 1.807) is 36.5 Å². The second-order valence-corrected chi connectivity index (χ2v) is 8.49. The third-order valence-corrected chi connectivity index (χ3v) is 5.39. The van der Waals surface area contributed by atoms with E-state index in [9.17, 15) is 18.0 Å². The van der Waals surface area contributed by atoms with Gasteiger partial charge in [-0.1, -0.05) is 12.1 Å². The Balaban J connectivity index is 1.53. The highest BCUT2D eigenvalue weighted by Gasteiger charge is 2.22. The molecule has 0 saturated carbocycles. The van der Waals surface area contributed by atoms with Gasteiger partial charge in [0.05, 0.1) is 11.1 Å². The van der Waals surface area contributed by atoms with Crippen LogP contribution < -0.4 is 15.2 Å². The average Bonchev–Trinajstić information content (AvgIpc) is 2.79. The van der Waals surface area contributed by atoms with Crippen LogP contribution in [0.25, 0.3) is 0 Å². The number of carbonyl (C=O) groups excluding carboxylic acids is 2. The zero-order chi connectivity index (χ0) is 23.8. The van der Waals surface area contributed by atoms with Crippen LogP contribution in [0.1, 0.15) is 22.8 Å². The van der Waals surface area contributed by atoms with Crippen LogP contribution in [-0.2, 0) is 26.0 Å². The fraction of sp³-hybridized carbons (Fsp3) is 0.182. The summed E-state index contributed by atoms with van der Waals surface area (Å²) in [7, 11) is -3.75. The Hall–Kier alpha value is -3.83. The summed E-state index contributed by atoms with van der Waals surface area (Å²) < 4.78 is 33.4. The molecule has 0 aliphatic rings. The number of sulfonamides is 1. The molecule has 1 atom stereocenters. The minimum Gasteiger partial charge on any atom is -0.449 e. The van der Waals surface area contributed by atoms with Crippen molar-refractivity contribution >= 4 is 21.9 Å². The molecule has 3 rings (SSSR count). The Bertz CT molecular complexity index is 1220. The van der Waals surface area contributed by atoms with Crippen LogP contribution in [-0.4, -0.2) is 42.9 Å². The van der Waals surface area contributed by atoms with Crippen molar-refractivity contribution in [2.45, 2.75) is 24.3 Å². The quantitative estimate of drug-likeness (QED) is 0.450. The van der Waals surface area contributed by atoms with E-state index < -0.39 is 28.0 Å². The Kier molecular flexibility index (Phi) is 7.70. The fourth-order valence-electron chi connectivity index (χ4n) is 2.74. The molecule has 2 heterocycles. The first-order valence-electron chi connectivity index (χ1n) is 9.87. The molecule has 3 aromatic rings. The van der Waals surface area contributed by atoms with Gasteiger partial charge < -0.3 is 14.8 Å². The number of benzene rings is 1. The summed E-state index contributed by atoms with van der Waals surface area (Å²) in [5, 5.41) is 7.74. The second kappa shape index (κ2) is 10.7. The van der Waals surface area contributed by atoms with Gasteiger partial charge in [-0.25, -0.2) is 23.3 Å². The summed E-state index contributed by atoms with van der Waals surface area (Å²) in [4.78, 5) is 32.9. The van der Waals surface area contributed by atoms with Crippen molar-refractivity contribution in [3.63, 3.8) is 0 Å². The molecule has 1 unspecified atom stereocenters. The van der Waals surface area contributed by atoms with Gasteiger partial charge in [-0.05, 0) is 55.3 Å². The number of aromatic nitrogens is 2. The first kappa shape index (κ1) is 23.8. The molecular weight excluding hydrogens is 448 g/mol. The standard InChI is InChI=1S/C22H22N4O6S/c1-15(20(27)25-13-10-16-6-8-18(9-7-16)33(23,29)30)31-22(28)19-5-3-12-26-21(19)32-17-4-2-11-24-14-17/h2-9,11-12,14-15H,10,13H2,1H3,(H,25,27)(H2,23,29,30). The first-order valence-corrected chi connectivity index (χ1v) is 11.4. The maximum absolute atomic E-state index is 12.6. The molecule has 0 fully saturated rings. The highest BCUT2D eigenvalue weighted by Crippen LogP contribution is 2.23. The zero-order valence-electron chi connectivity index (χ0n) is 17.7. The van der Waals surface area contributed by atoms with Crippen LogP contribution in [0, 0.1) is 0 Å². The van der Waals surface area contributed by atoms with Crippen LogP contribution in [0.15, 0.2) is 72.0 Å². The van der Waals surface area contributed by atoms with E-state index in [2.05, 4.69) is 15.3 Å². The largest absolute Gasteiger partial charge is 0.449 e. The minimum absolute atomic E-state index is 0.0121. The van der Waals surface area contributed by atoms with Crippen molar-refractivity contribution in [3.8, 4) is 11.6 Å². The number of carbonyl (C=O) groups is 2. The number of hydrogen-bond donors (Lipinski definition) is 2. The van der Waals surface area contributed by atoms with Gasteiger partial charge in [0, 0.05) is 18.9 Å². The number of pyridine rings is 2. The van der Waals surface area contributed by atoms with Gasteiger partial charge in [-0.2, -0.15) is 0 Å². The van der Waals surface area contributed by atoms with Crippen molar-refractivity contribution < 1.29 is 27.5 Å². The van der Waals surface area contributed by atoms with E-state index in [-0.39, 0.29) is 22.9 Å². The summed E-state index contributed by atoms with van der Waals surface area (Å²) in [6.07, 6.45) is 3.91. The SMILES string of the molecule is CC(OC(=O)c1cccnc1Oc1cccnc1)C(=O)NCCc1ccc(S(N)(=O)=O)cc1. The van der Waals surface area contributed by atoms with E-state index in [4.69, 9.17) is 14.6 Å². The Morgan fingerprint density at radius 2 is 1.82 bits per heavy atom. The maximum atomic E-state index is 12.6. The van der Waals surface area contributed by atoms with Gasteiger partial charge in [0.25, 0.3) is 5.91 Å². The third kappa shape index (κ3) is 6.82. The number of primary sulfonamides is 1. The number of ether oxygens (including phenoxy) is 2. The molecule has 3 N–H and O–H groups in total. The molecule has 0 aliphatic carbocycles. The molecule has 10 nitrogen and oxygen atoms in total. The van der Waals surface area contributed by atoms with Crippen LogP contribution in [0.4, 0.5) is 0 Å². The molecule has 1 amide bonds. The lowest BCUT2D eigenvalue weighted by atomic mass is 10.1. The smallest absolute Gasteiger partial charge is 0.344 e. The highest BCUT2D eigenvalue weighted by molar-refractivity contribution is 7.89. The fourth-order valence-corrected chi connectivity index (χ4v) is 3.26. The number of esters is 1. The predicted molar refractivity (Wildman–Crippen MR) is 118 cm³/mol. The average molecular weight is 471 g/mol. The third-order valence-electron chi connectivity index (χ3n) is 4.46. The molecule has 0 radical (unpaired) electrons. The molecule has 11 heteroatoms. The summed E-state index contributed by atoms with van der Waals surface area (Å²) in [5.41, 5.74) is 0.871. The van der Waals surface area contributed by atoms with Crippen molar-refractivity contribution in [1.82, 2.24) is 15.3 Å². The van der Waals surface area contributed by atoms with Gasteiger partial charge in [0.1, 0.15) is 11.3 Å². The molecule has 0 spiro atoms. The lowest BCUT2D eigenvalue weighted by Gasteiger charge is -2.15. The number of hydrogen-bond acceptors (Lipinski definition) is 8. The topological polar surface area (TPSA) is 151 Å². The predicted octanol–water partition coefficient (Wildman–Crippen LogP) is 1.82. The normalized spacial score (nSPS) is 11.9. The number of nitrogens with zero attached hydrogens (tertiary/aromatic N) is 2. The van der Waals surface area contributed by atoms with Gasteiger partial charge in [0.2, 0.25) is 15.9 Å². The summed E-state index contributed by atoms with van der Waals surface area (Å²) in [6.45, 7) is 1.71. The molecule has 2 aromatic heterocycles. The molecule has 172 valence electrons. The van der Waals surface area contributed by atoms with E-state index in [1.165, 1.54) is 37.5 Å². The van der Waals surface area contributed by atoms with Crippen molar-refractivity contribution in [2.24, 2.45) is 5.14 Å². The highest BCUT2D eigenvalue weighted by atomic mass is 32.2. The van der Waals surface area contributed by atoms with Crippen molar-refractivity contribution in [3.05, 3.63) is 78.2 Å².